The van der Waals surface area contributed by atoms with Crippen LogP contribution in [0.15, 0.2) is 30.3 Å². The van der Waals surface area contributed by atoms with Gasteiger partial charge in [0.25, 0.3) is 0 Å². The molecule has 0 heterocycles. The zero-order chi connectivity index (χ0) is 21.4. The summed E-state index contributed by atoms with van der Waals surface area (Å²) in [7, 11) is -1.62. The van der Waals surface area contributed by atoms with Crippen LogP contribution >= 0.6 is 0 Å². The average molecular weight is 413 g/mol. The van der Waals surface area contributed by atoms with Crippen molar-refractivity contribution in [3.8, 4) is 0 Å². The Kier molecular flexibility index (Phi) is 6.32. The molecule has 0 aliphatic heterocycles. The number of rotatable bonds is 6. The van der Waals surface area contributed by atoms with Crippen LogP contribution in [0, 0.1) is 23.2 Å². The minimum atomic E-state index is -1.62. The lowest BCUT2D eigenvalue weighted by Crippen LogP contribution is -2.39. The number of carbonyl (C=O) groups excluding carboxylic acids is 1. The fourth-order valence-electron chi connectivity index (χ4n) is 6.07. The van der Waals surface area contributed by atoms with Gasteiger partial charge in [0, 0.05) is 12.3 Å². The van der Waals surface area contributed by atoms with Gasteiger partial charge in [-0.15, -0.1) is 0 Å². The predicted octanol–water partition coefficient (Wildman–Crippen LogP) is 7.21. The van der Waals surface area contributed by atoms with Crippen LogP contribution < -0.4 is 0 Å². The van der Waals surface area contributed by atoms with E-state index in [0.717, 1.165) is 19.3 Å². The summed E-state index contributed by atoms with van der Waals surface area (Å²) in [6, 6.07) is 8.77. The molecule has 1 aromatic rings. The van der Waals surface area contributed by atoms with E-state index in [9.17, 15) is 4.79 Å². The first kappa shape index (κ1) is 22.5. The third-order valence-corrected chi connectivity index (χ3v) is 8.43. The highest BCUT2D eigenvalue weighted by atomic mass is 28.4. The van der Waals surface area contributed by atoms with Crippen LogP contribution in [0.3, 0.4) is 0 Å². The average Bonchev–Trinajstić information content (AvgIpc) is 2.96. The molecule has 1 unspecified atom stereocenters. The highest BCUT2D eigenvalue weighted by Gasteiger charge is 2.51. The Labute approximate surface area is 179 Å². The van der Waals surface area contributed by atoms with Gasteiger partial charge in [-0.05, 0) is 93.6 Å². The van der Waals surface area contributed by atoms with E-state index >= 15 is 0 Å². The summed E-state index contributed by atoms with van der Waals surface area (Å²) in [6.45, 7) is 15.8. The Morgan fingerprint density at radius 1 is 1.24 bits per heavy atom. The van der Waals surface area contributed by atoms with Crippen molar-refractivity contribution in [3.05, 3.63) is 41.5 Å². The summed E-state index contributed by atoms with van der Waals surface area (Å²) < 4.78 is 6.44. The van der Waals surface area contributed by atoms with Gasteiger partial charge in [-0.1, -0.05) is 44.2 Å². The maximum absolute atomic E-state index is 12.4. The quantitative estimate of drug-likeness (QED) is 0.461. The first-order valence-corrected chi connectivity index (χ1v) is 14.8. The number of carbonyl (C=O) groups is 1. The second-order valence-corrected chi connectivity index (χ2v) is 15.6. The largest absolute Gasteiger partial charge is 0.409 e. The summed E-state index contributed by atoms with van der Waals surface area (Å²) >= 11 is 0. The summed E-state index contributed by atoms with van der Waals surface area (Å²) in [6.07, 6.45) is 10.0. The summed E-state index contributed by atoms with van der Waals surface area (Å²) in [4.78, 5) is 12.4. The maximum Gasteiger partial charge on any atom is 0.184 e. The van der Waals surface area contributed by atoms with Crippen LogP contribution in [0.1, 0.15) is 70.9 Å². The third kappa shape index (κ3) is 4.94. The number of allylic oxidation sites excluding steroid dienone is 1. The van der Waals surface area contributed by atoms with Gasteiger partial charge in [0.1, 0.15) is 5.78 Å². The highest BCUT2D eigenvalue weighted by molar-refractivity contribution is 6.69. The Hall–Kier alpha value is -1.19. The van der Waals surface area contributed by atoms with E-state index in [-0.39, 0.29) is 11.0 Å². The number of fused-ring (bicyclic) bond motifs is 1. The molecule has 3 heteroatoms. The molecule has 160 valence electrons. The van der Waals surface area contributed by atoms with Crippen molar-refractivity contribution in [3.63, 3.8) is 0 Å². The van der Waals surface area contributed by atoms with Gasteiger partial charge in [0.05, 0.1) is 5.60 Å². The van der Waals surface area contributed by atoms with Crippen LogP contribution in [-0.2, 0) is 14.8 Å². The van der Waals surface area contributed by atoms with E-state index in [0.29, 0.717) is 23.5 Å². The number of hydrogen-bond donors (Lipinski definition) is 0. The van der Waals surface area contributed by atoms with Crippen molar-refractivity contribution >= 4 is 20.2 Å². The Balaban J connectivity index is 1.74. The van der Waals surface area contributed by atoms with E-state index in [4.69, 9.17) is 4.43 Å². The van der Waals surface area contributed by atoms with Crippen molar-refractivity contribution in [1.29, 1.82) is 0 Å². The molecule has 0 bridgehead atoms. The number of benzene rings is 1. The van der Waals surface area contributed by atoms with E-state index in [1.54, 1.807) is 0 Å². The molecule has 0 saturated heterocycles. The van der Waals surface area contributed by atoms with Gasteiger partial charge in [0.15, 0.2) is 8.32 Å². The van der Waals surface area contributed by atoms with E-state index < -0.39 is 8.32 Å². The van der Waals surface area contributed by atoms with Gasteiger partial charge < -0.3 is 4.43 Å². The Bertz CT molecular complexity index is 773. The van der Waals surface area contributed by atoms with E-state index in [2.05, 4.69) is 83.8 Å². The smallest absolute Gasteiger partial charge is 0.184 e. The number of ketones is 1. The van der Waals surface area contributed by atoms with Gasteiger partial charge in [0.2, 0.25) is 0 Å². The van der Waals surface area contributed by atoms with Crippen molar-refractivity contribution in [2.45, 2.75) is 85.0 Å². The molecule has 29 heavy (non-hydrogen) atoms. The lowest BCUT2D eigenvalue weighted by atomic mass is 9.62. The first-order chi connectivity index (χ1) is 13.4. The van der Waals surface area contributed by atoms with Crippen molar-refractivity contribution < 1.29 is 9.22 Å². The van der Waals surface area contributed by atoms with Crippen molar-refractivity contribution in [2.75, 3.05) is 0 Å². The topological polar surface area (TPSA) is 26.3 Å². The van der Waals surface area contributed by atoms with Crippen LogP contribution in [-0.4, -0.2) is 14.1 Å². The molecule has 0 radical (unpaired) electrons. The molecular formula is C26H40O2Si. The molecule has 0 N–H and O–H groups in total. The first-order valence-electron chi connectivity index (χ1n) is 11.4. The van der Waals surface area contributed by atoms with Crippen LogP contribution in [0.2, 0.25) is 19.6 Å². The zero-order valence-electron chi connectivity index (χ0n) is 19.5. The molecule has 2 aliphatic rings. The minimum Gasteiger partial charge on any atom is -0.409 e. The van der Waals surface area contributed by atoms with Crippen molar-refractivity contribution in [1.82, 2.24) is 0 Å². The molecule has 1 aromatic carbocycles. The van der Waals surface area contributed by atoms with Gasteiger partial charge in [-0.25, -0.2) is 0 Å². The van der Waals surface area contributed by atoms with E-state index in [1.165, 1.54) is 24.0 Å². The van der Waals surface area contributed by atoms with Crippen LogP contribution in [0.25, 0.3) is 6.08 Å². The molecule has 3 rings (SSSR count). The molecule has 2 nitrogen and oxygen atoms in total. The lowest BCUT2D eigenvalue weighted by Gasteiger charge is -2.41. The molecule has 0 amide bonds. The Morgan fingerprint density at radius 3 is 2.66 bits per heavy atom. The lowest BCUT2D eigenvalue weighted by molar-refractivity contribution is -0.129. The summed E-state index contributed by atoms with van der Waals surface area (Å²) in [5, 5.41) is 0. The van der Waals surface area contributed by atoms with Crippen molar-refractivity contribution in [2.24, 2.45) is 23.2 Å². The van der Waals surface area contributed by atoms with Crippen LogP contribution in [0.5, 0.6) is 0 Å². The SMILES string of the molecule is C[C@H](C=Cc1cccc(C(C)(C)O[Si](C)(C)C)c1)[C@H]1CCC2C(=O)CCC[C@@]21C. The summed E-state index contributed by atoms with van der Waals surface area (Å²) in [5.41, 5.74) is 2.41. The molecule has 2 fully saturated rings. The number of hydrogen-bond acceptors (Lipinski definition) is 2. The molecule has 4 atom stereocenters. The monoisotopic (exact) mass is 412 g/mol. The molecule has 0 aromatic heterocycles. The van der Waals surface area contributed by atoms with E-state index in [1.807, 2.05) is 0 Å². The summed E-state index contributed by atoms with van der Waals surface area (Å²) in [5.74, 6) is 1.93. The third-order valence-electron chi connectivity index (χ3n) is 7.31. The highest BCUT2D eigenvalue weighted by Crippen LogP contribution is 2.56. The van der Waals surface area contributed by atoms with Crippen LogP contribution in [0.4, 0.5) is 0 Å². The van der Waals surface area contributed by atoms with Gasteiger partial charge in [-0.3, -0.25) is 4.79 Å². The minimum absolute atomic E-state index is 0.202. The Morgan fingerprint density at radius 2 is 1.97 bits per heavy atom. The van der Waals surface area contributed by atoms with Gasteiger partial charge in [-0.2, -0.15) is 0 Å². The maximum atomic E-state index is 12.4. The van der Waals surface area contributed by atoms with Gasteiger partial charge >= 0.3 is 0 Å². The predicted molar refractivity (Wildman–Crippen MR) is 125 cm³/mol. The second kappa shape index (κ2) is 8.15. The molecule has 2 aliphatic carbocycles. The molecule has 2 saturated carbocycles. The molecular weight excluding hydrogens is 372 g/mol. The fraction of sp³-hybridized carbons (Fsp3) is 0.654. The number of Topliss-reactive ketones (excluding diaryl/α,β-unsaturated/α-hetero) is 1. The fourth-order valence-corrected chi connectivity index (χ4v) is 7.72. The normalized spacial score (nSPS) is 29.3. The zero-order valence-corrected chi connectivity index (χ0v) is 20.5. The molecule has 0 spiro atoms. The standard InChI is InChI=1S/C26H40O2Si/c1-19(22-15-16-23-24(27)12-9-17-26(22,23)4)13-14-20-10-8-11-21(18-20)25(2,3)28-29(5,6)7/h8,10-11,13-14,18-19,22-23H,9,12,15-17H2,1-7H3/t19-,22-,23?,26-/m1/s1. The second-order valence-electron chi connectivity index (χ2n) is 11.1.